The van der Waals surface area contributed by atoms with Crippen LogP contribution in [0.1, 0.15) is 290 Å². The van der Waals surface area contributed by atoms with E-state index >= 15 is 0 Å². The summed E-state index contributed by atoms with van der Waals surface area (Å²) in [5.74, 6) is -1.61. The molecule has 18 heteroatoms. The molecule has 0 rings (SSSR count). The van der Waals surface area contributed by atoms with Gasteiger partial charge in [0, 0.05) is 19.3 Å². The Morgan fingerprint density at radius 1 is 0.299 bits per heavy atom. The Hall–Kier alpha value is -4.31. The van der Waals surface area contributed by atoms with Crippen molar-refractivity contribution < 1.29 is 75.8 Å². The highest BCUT2D eigenvalue weighted by molar-refractivity contribution is 7.47. The highest BCUT2D eigenvalue weighted by Gasteiger charge is 2.29. The lowest BCUT2D eigenvalue weighted by Crippen LogP contribution is -2.30. The van der Waals surface area contributed by atoms with Gasteiger partial charge in [0.15, 0.2) is 6.10 Å². The van der Waals surface area contributed by atoms with E-state index in [-0.39, 0.29) is 19.3 Å². The molecular formula is C79H134O16P2. The SMILES string of the molecule is CC/C=C\C/C=C\C/C=C\C/C=C\C/C=C\CCCCCCCCCCCCCCCC(=O)OCC(O)COP(=O)(O)OCC(O)COP(=O)(O)OCC(COC(=O)CCCCCCC/C=C\C/C=C\C/C=C\C/C=C\C/C=C\CC)OC(=O)CCCCCCC/C=C\CCCC. The fraction of sp³-hybridized carbons (Fsp3) is 0.684. The zero-order valence-corrected chi connectivity index (χ0v) is 62.2. The predicted octanol–water partition coefficient (Wildman–Crippen LogP) is 21.5. The Balaban J connectivity index is 4.47. The number of allylic oxidation sites excluding steroid dienone is 22. The van der Waals surface area contributed by atoms with Gasteiger partial charge in [-0.1, -0.05) is 276 Å². The van der Waals surface area contributed by atoms with Crippen LogP contribution in [0.2, 0.25) is 0 Å². The first-order valence-corrected chi connectivity index (χ1v) is 40.5. The third kappa shape index (κ3) is 72.8. The summed E-state index contributed by atoms with van der Waals surface area (Å²) in [6, 6.07) is 0. The van der Waals surface area contributed by atoms with Gasteiger partial charge in [-0.25, -0.2) is 9.13 Å². The Bertz CT molecular complexity index is 2300. The van der Waals surface area contributed by atoms with Crippen molar-refractivity contribution in [1.29, 1.82) is 0 Å². The number of esters is 3. The average Bonchev–Trinajstić information content (AvgIpc) is 3.74. The van der Waals surface area contributed by atoms with Gasteiger partial charge in [0.25, 0.3) is 0 Å². The number of hydrogen-bond donors (Lipinski definition) is 4. The van der Waals surface area contributed by atoms with E-state index in [0.29, 0.717) is 19.3 Å². The maximum absolute atomic E-state index is 12.9. The molecule has 0 aromatic rings. The summed E-state index contributed by atoms with van der Waals surface area (Å²) >= 11 is 0. The molecule has 0 amide bonds. The van der Waals surface area contributed by atoms with E-state index in [0.717, 1.165) is 161 Å². The summed E-state index contributed by atoms with van der Waals surface area (Å²) in [5.41, 5.74) is 0. The lowest BCUT2D eigenvalue weighted by Gasteiger charge is -2.21. The molecule has 0 saturated carbocycles. The second kappa shape index (κ2) is 71.5. The van der Waals surface area contributed by atoms with E-state index in [4.69, 9.17) is 32.3 Å². The highest BCUT2D eigenvalue weighted by atomic mass is 31.2. The zero-order chi connectivity index (χ0) is 70.9. The van der Waals surface area contributed by atoms with Gasteiger partial charge in [0.1, 0.15) is 25.4 Å². The fourth-order valence-electron chi connectivity index (χ4n) is 9.66. The number of carbonyl (C=O) groups is 3. The molecule has 5 atom stereocenters. The topological polar surface area (TPSA) is 231 Å². The number of hydrogen-bond acceptors (Lipinski definition) is 14. The average molecular weight is 1400 g/mol. The molecule has 556 valence electrons. The Morgan fingerprint density at radius 2 is 0.546 bits per heavy atom. The first-order chi connectivity index (χ1) is 47.2. The molecule has 0 spiro atoms. The predicted molar refractivity (Wildman–Crippen MR) is 399 cm³/mol. The van der Waals surface area contributed by atoms with Crippen LogP contribution in [-0.2, 0) is 55.8 Å². The van der Waals surface area contributed by atoms with Gasteiger partial charge in [-0.2, -0.15) is 0 Å². The summed E-state index contributed by atoms with van der Waals surface area (Å²) in [5, 5.41) is 20.6. The maximum atomic E-state index is 12.9. The van der Waals surface area contributed by atoms with Crippen LogP contribution in [0, 0.1) is 0 Å². The first-order valence-electron chi connectivity index (χ1n) is 37.5. The van der Waals surface area contributed by atoms with Gasteiger partial charge in [-0.3, -0.25) is 32.5 Å². The minimum absolute atomic E-state index is 0.0868. The molecule has 0 aliphatic heterocycles. The van der Waals surface area contributed by atoms with E-state index in [1.54, 1.807) is 0 Å². The third-order valence-corrected chi connectivity index (χ3v) is 17.2. The van der Waals surface area contributed by atoms with Crippen molar-refractivity contribution in [2.24, 2.45) is 0 Å². The number of aliphatic hydroxyl groups is 2. The van der Waals surface area contributed by atoms with Crippen molar-refractivity contribution in [2.75, 3.05) is 39.6 Å². The van der Waals surface area contributed by atoms with Gasteiger partial charge in [0.05, 0.1) is 26.4 Å². The highest BCUT2D eigenvalue weighted by Crippen LogP contribution is 2.45. The van der Waals surface area contributed by atoms with Crippen LogP contribution in [0.3, 0.4) is 0 Å². The maximum Gasteiger partial charge on any atom is 0.472 e. The molecule has 16 nitrogen and oxygen atoms in total. The smallest absolute Gasteiger partial charge is 0.463 e. The number of ether oxygens (including phenoxy) is 3. The number of unbranched alkanes of at least 4 members (excludes halogenated alkanes) is 25. The molecule has 0 saturated heterocycles. The monoisotopic (exact) mass is 1400 g/mol. The first kappa shape index (κ1) is 92.7. The Kier molecular flexibility index (Phi) is 68.3. The molecule has 0 aliphatic rings. The number of aliphatic hydroxyl groups excluding tert-OH is 2. The van der Waals surface area contributed by atoms with Gasteiger partial charge in [-0.15, -0.1) is 0 Å². The second-order valence-electron chi connectivity index (χ2n) is 24.7. The molecule has 0 radical (unpaired) electrons. The Labute approximate surface area is 588 Å². The summed E-state index contributed by atoms with van der Waals surface area (Å²) in [7, 11) is -9.79. The standard InChI is InChI=1S/C79H134O16P2/c1-4-7-10-13-16-19-22-24-26-28-30-32-33-34-35-36-37-38-39-41-43-44-46-48-51-53-56-59-62-65-77(82)89-68-74(80)69-91-96(85,86)92-70-75(81)71-93-97(87,88)94-73-76(95-79(84)67-64-61-58-55-50-21-18-15-12-9-6-3)72-90-78(83)66-63-60-57-54-52-49-47-45-42-40-31-29-27-25-23-20-17-14-11-8-5-2/h7-8,10-11,15-20,24-27,30-32,34-35,40,45,47,74-76,80-81H,4-6,9,12-14,21-23,28-29,33,36-39,41-44,46,48-73H2,1-3H3,(H,85,86)(H,87,88)/b10-7-,11-8-,18-15-,19-16-,20-17-,26-24-,27-25-,32-30-,35-34-,40-31-,47-45-. The molecule has 0 bridgehead atoms. The number of carbonyl (C=O) groups excluding carboxylic acids is 3. The molecule has 0 heterocycles. The lowest BCUT2D eigenvalue weighted by atomic mass is 10.0. The molecule has 4 N–H and O–H groups in total. The molecule has 0 aromatic carbocycles. The summed E-state index contributed by atoms with van der Waals surface area (Å²) in [6.45, 7) is 2.37. The van der Waals surface area contributed by atoms with Crippen LogP contribution in [0.4, 0.5) is 0 Å². The normalized spacial score (nSPS) is 14.8. The van der Waals surface area contributed by atoms with Crippen molar-refractivity contribution >= 4 is 33.6 Å². The minimum Gasteiger partial charge on any atom is -0.463 e. The zero-order valence-electron chi connectivity index (χ0n) is 60.5. The van der Waals surface area contributed by atoms with Crippen molar-refractivity contribution in [3.8, 4) is 0 Å². The fourth-order valence-corrected chi connectivity index (χ4v) is 11.2. The van der Waals surface area contributed by atoms with E-state index in [2.05, 4.69) is 154 Å². The minimum atomic E-state index is -4.93. The van der Waals surface area contributed by atoms with E-state index < -0.39 is 91.5 Å². The van der Waals surface area contributed by atoms with Gasteiger partial charge < -0.3 is 34.2 Å². The molecule has 0 aliphatic carbocycles. The lowest BCUT2D eigenvalue weighted by molar-refractivity contribution is -0.161. The van der Waals surface area contributed by atoms with Crippen molar-refractivity contribution in [3.63, 3.8) is 0 Å². The van der Waals surface area contributed by atoms with Crippen LogP contribution in [-0.4, -0.2) is 95.9 Å². The number of phosphoric acid groups is 2. The number of rotatable bonds is 70. The quantitative estimate of drug-likeness (QED) is 0.0146. The van der Waals surface area contributed by atoms with E-state index in [9.17, 15) is 43.5 Å². The largest absolute Gasteiger partial charge is 0.472 e. The van der Waals surface area contributed by atoms with Crippen molar-refractivity contribution in [1.82, 2.24) is 0 Å². The van der Waals surface area contributed by atoms with Crippen molar-refractivity contribution in [2.45, 2.75) is 309 Å². The van der Waals surface area contributed by atoms with Gasteiger partial charge >= 0.3 is 33.6 Å². The molecule has 0 aromatic heterocycles. The van der Waals surface area contributed by atoms with E-state index in [1.807, 2.05) is 0 Å². The summed E-state index contributed by atoms with van der Waals surface area (Å²) in [4.78, 5) is 58.4. The molecule has 0 fully saturated rings. The van der Waals surface area contributed by atoms with Crippen LogP contribution in [0.25, 0.3) is 0 Å². The molecular weight excluding hydrogens is 1270 g/mol. The van der Waals surface area contributed by atoms with Crippen LogP contribution >= 0.6 is 15.6 Å². The van der Waals surface area contributed by atoms with Gasteiger partial charge in [0.2, 0.25) is 0 Å². The summed E-state index contributed by atoms with van der Waals surface area (Å²) < 4.78 is 60.9. The molecule has 97 heavy (non-hydrogen) atoms. The van der Waals surface area contributed by atoms with Crippen LogP contribution in [0.15, 0.2) is 134 Å². The van der Waals surface area contributed by atoms with E-state index in [1.165, 1.54) is 70.6 Å². The van der Waals surface area contributed by atoms with Crippen LogP contribution in [0.5, 0.6) is 0 Å². The molecule has 5 unspecified atom stereocenters. The second-order valence-corrected chi connectivity index (χ2v) is 27.6. The van der Waals surface area contributed by atoms with Crippen LogP contribution < -0.4 is 0 Å². The Morgan fingerprint density at radius 3 is 0.876 bits per heavy atom. The summed E-state index contributed by atoms with van der Waals surface area (Å²) in [6.07, 6.45) is 85.2. The van der Waals surface area contributed by atoms with Crippen molar-refractivity contribution in [3.05, 3.63) is 134 Å². The van der Waals surface area contributed by atoms with Gasteiger partial charge in [-0.05, 0) is 128 Å². The third-order valence-electron chi connectivity index (χ3n) is 15.3. The number of phosphoric ester groups is 2.